The van der Waals surface area contributed by atoms with E-state index in [1.54, 1.807) is 17.5 Å². The number of carbonyl (C=O) groups excluding carboxylic acids is 2. The summed E-state index contributed by atoms with van der Waals surface area (Å²) < 4.78 is 27.9. The molecule has 5 rings (SSSR count). The molecule has 0 spiro atoms. The van der Waals surface area contributed by atoms with Gasteiger partial charge in [0.25, 0.3) is 0 Å². The minimum absolute atomic E-state index is 0.150. The molecule has 4 saturated carbocycles. The van der Waals surface area contributed by atoms with Gasteiger partial charge >= 0.3 is 0 Å². The summed E-state index contributed by atoms with van der Waals surface area (Å²) in [5, 5.41) is 1.79. The van der Waals surface area contributed by atoms with Crippen LogP contribution in [0.1, 0.15) is 85.0 Å². The van der Waals surface area contributed by atoms with Crippen LogP contribution in [-0.4, -0.2) is 26.5 Å². The quantitative estimate of drug-likeness (QED) is 0.458. The summed E-state index contributed by atoms with van der Waals surface area (Å²) in [5.74, 6) is 3.26. The molecule has 0 bridgehead atoms. The molecule has 1 heterocycles. The van der Waals surface area contributed by atoms with Crippen LogP contribution in [0.4, 0.5) is 0 Å². The summed E-state index contributed by atoms with van der Waals surface area (Å²) >= 11 is 1.25. The maximum atomic E-state index is 13.5. The van der Waals surface area contributed by atoms with Crippen molar-refractivity contribution in [2.24, 2.45) is 46.3 Å². The van der Waals surface area contributed by atoms with Gasteiger partial charge in [-0.1, -0.05) is 26.8 Å². The number of carbonyl (C=O) groups is 2. The molecule has 35 heavy (non-hydrogen) atoms. The third kappa shape index (κ3) is 4.37. The largest absolute Gasteiger partial charge is 0.300 e. The maximum absolute atomic E-state index is 13.5. The van der Waals surface area contributed by atoms with Crippen LogP contribution < -0.4 is 4.72 Å². The Kier molecular flexibility index (Phi) is 6.84. The molecule has 4 fully saturated rings. The predicted molar refractivity (Wildman–Crippen MR) is 139 cm³/mol. The Morgan fingerprint density at radius 3 is 2.60 bits per heavy atom. The molecule has 4 aliphatic carbocycles. The van der Waals surface area contributed by atoms with Crippen LogP contribution in [0.25, 0.3) is 0 Å². The van der Waals surface area contributed by atoms with E-state index in [1.165, 1.54) is 24.2 Å². The number of hydrogen-bond acceptors (Lipinski definition) is 5. The smallest absolute Gasteiger partial charge is 0.250 e. The molecule has 0 radical (unpaired) electrons. The predicted octanol–water partition coefficient (Wildman–Crippen LogP) is 5.85. The van der Waals surface area contributed by atoms with Gasteiger partial charge in [-0.25, -0.2) is 13.1 Å². The van der Waals surface area contributed by atoms with Crippen molar-refractivity contribution < 1.29 is 18.0 Å². The standard InChI is InChI=1S/C28H41NO4S2/c1-18(6-4-14-29-35(32,33)25-7-5-15-34-25)21-8-9-22-26-23(11-13-28(21,22)3)27(2)12-10-20(30)16-19(27)17-24(26)31/h5,7,15,18-19,21-23,26,29H,4,6,8-14,16-17H2,1-3H3/t18-,19+,21-,22+,23+,26+,27+,28-/m1/s1. The summed E-state index contributed by atoms with van der Waals surface area (Å²) in [4.78, 5) is 25.7. The zero-order valence-corrected chi connectivity index (χ0v) is 23.1. The maximum Gasteiger partial charge on any atom is 0.250 e. The lowest BCUT2D eigenvalue weighted by molar-refractivity contribution is -0.159. The van der Waals surface area contributed by atoms with Crippen molar-refractivity contribution >= 4 is 32.9 Å². The van der Waals surface area contributed by atoms with Crippen molar-refractivity contribution in [3.05, 3.63) is 17.5 Å². The number of rotatable bonds is 7. The molecule has 1 N–H and O–H groups in total. The van der Waals surface area contributed by atoms with Crippen molar-refractivity contribution in [3.8, 4) is 0 Å². The second-order valence-electron chi connectivity index (χ2n) is 12.5. The van der Waals surface area contributed by atoms with E-state index in [0.717, 1.165) is 32.1 Å². The van der Waals surface area contributed by atoms with Gasteiger partial charge in [-0.3, -0.25) is 9.59 Å². The Morgan fingerprint density at radius 1 is 1.09 bits per heavy atom. The fraction of sp³-hybridized carbons (Fsp3) is 0.786. The highest BCUT2D eigenvalue weighted by atomic mass is 32.2. The van der Waals surface area contributed by atoms with Gasteiger partial charge in [0.05, 0.1) is 0 Å². The SMILES string of the molecule is C[C@H](CCCNS(=O)(=O)c1cccs1)[C@H]1CC[C@H]2[C@@H]3C(=O)C[C@@H]4CC(=O)CC[C@]4(C)[C@H]3CC[C@]12C. The number of nitrogens with one attached hydrogen (secondary N) is 1. The molecular weight excluding hydrogens is 478 g/mol. The van der Waals surface area contributed by atoms with Crippen LogP contribution in [0, 0.1) is 46.3 Å². The fourth-order valence-electron chi connectivity index (χ4n) is 9.02. The van der Waals surface area contributed by atoms with E-state index in [0.29, 0.717) is 65.3 Å². The van der Waals surface area contributed by atoms with E-state index >= 15 is 0 Å². The zero-order valence-electron chi connectivity index (χ0n) is 21.4. The van der Waals surface area contributed by atoms with Gasteiger partial charge in [0.15, 0.2) is 0 Å². The average molecular weight is 520 g/mol. The minimum atomic E-state index is -3.39. The van der Waals surface area contributed by atoms with E-state index < -0.39 is 10.0 Å². The second-order valence-corrected chi connectivity index (χ2v) is 15.5. The Balaban J connectivity index is 1.22. The van der Waals surface area contributed by atoms with Gasteiger partial charge in [0.1, 0.15) is 15.8 Å². The first kappa shape index (κ1) is 25.6. The number of fused-ring (bicyclic) bond motifs is 5. The summed E-state index contributed by atoms with van der Waals surface area (Å²) in [6.07, 6.45) is 9.35. The van der Waals surface area contributed by atoms with Crippen molar-refractivity contribution in [1.29, 1.82) is 0 Å². The molecule has 7 heteroatoms. The first-order valence-electron chi connectivity index (χ1n) is 13.6. The first-order valence-corrected chi connectivity index (χ1v) is 16.0. The number of Topliss-reactive ketones (excluding diaryl/α,β-unsaturated/α-hetero) is 2. The molecule has 0 aliphatic heterocycles. The van der Waals surface area contributed by atoms with Gasteiger partial charge < -0.3 is 0 Å². The lowest BCUT2D eigenvalue weighted by Crippen LogP contribution is -2.57. The van der Waals surface area contributed by atoms with Crippen molar-refractivity contribution in [3.63, 3.8) is 0 Å². The zero-order chi connectivity index (χ0) is 25.0. The molecule has 0 aromatic carbocycles. The highest BCUT2D eigenvalue weighted by molar-refractivity contribution is 7.91. The van der Waals surface area contributed by atoms with Crippen LogP contribution in [0.5, 0.6) is 0 Å². The van der Waals surface area contributed by atoms with Crippen LogP contribution in [0.2, 0.25) is 0 Å². The number of hydrogen-bond donors (Lipinski definition) is 1. The topological polar surface area (TPSA) is 80.3 Å². The summed E-state index contributed by atoms with van der Waals surface area (Å²) in [7, 11) is -3.39. The van der Waals surface area contributed by atoms with Crippen LogP contribution in [0.3, 0.4) is 0 Å². The third-order valence-electron chi connectivity index (χ3n) is 10.9. The van der Waals surface area contributed by atoms with E-state index in [1.807, 2.05) is 0 Å². The Morgan fingerprint density at radius 2 is 1.86 bits per heavy atom. The van der Waals surface area contributed by atoms with E-state index in [2.05, 4.69) is 25.5 Å². The van der Waals surface area contributed by atoms with Crippen LogP contribution >= 0.6 is 11.3 Å². The number of thiophene rings is 1. The highest BCUT2D eigenvalue weighted by Crippen LogP contribution is 2.67. The lowest BCUT2D eigenvalue weighted by atomic mass is 9.44. The van der Waals surface area contributed by atoms with Gasteiger partial charge in [-0.05, 0) is 96.8 Å². The molecule has 8 atom stereocenters. The van der Waals surface area contributed by atoms with Gasteiger partial charge in [-0.2, -0.15) is 0 Å². The molecule has 194 valence electrons. The lowest BCUT2D eigenvalue weighted by Gasteiger charge is -2.59. The molecule has 0 saturated heterocycles. The van der Waals surface area contributed by atoms with Crippen molar-refractivity contribution in [2.45, 2.75) is 89.2 Å². The van der Waals surface area contributed by atoms with Crippen LogP contribution in [0.15, 0.2) is 21.7 Å². The Hall–Kier alpha value is -1.05. The number of ketones is 2. The fourth-order valence-corrected chi connectivity index (χ4v) is 11.1. The summed E-state index contributed by atoms with van der Waals surface area (Å²) in [6.45, 7) is 7.65. The molecular formula is C28H41NO4S2. The van der Waals surface area contributed by atoms with E-state index in [4.69, 9.17) is 0 Å². The van der Waals surface area contributed by atoms with E-state index in [9.17, 15) is 18.0 Å². The number of sulfonamides is 1. The molecule has 4 aliphatic rings. The van der Waals surface area contributed by atoms with Gasteiger partial charge in [0, 0.05) is 31.7 Å². The molecule has 5 nitrogen and oxygen atoms in total. The average Bonchev–Trinajstić information content (AvgIpc) is 3.46. The molecule has 1 aromatic rings. The van der Waals surface area contributed by atoms with Crippen molar-refractivity contribution in [2.75, 3.05) is 6.54 Å². The molecule has 0 amide bonds. The van der Waals surface area contributed by atoms with E-state index in [-0.39, 0.29) is 22.7 Å². The molecule has 0 unspecified atom stereocenters. The normalized spacial score (nSPS) is 40.1. The van der Waals surface area contributed by atoms with Gasteiger partial charge in [0.2, 0.25) is 10.0 Å². The first-order chi connectivity index (χ1) is 16.6. The van der Waals surface area contributed by atoms with Crippen molar-refractivity contribution in [1.82, 2.24) is 4.72 Å². The monoisotopic (exact) mass is 519 g/mol. The summed E-state index contributed by atoms with van der Waals surface area (Å²) in [6, 6.07) is 3.41. The Labute approximate surface area is 214 Å². The third-order valence-corrected chi connectivity index (χ3v) is 13.8. The molecule has 1 aromatic heterocycles. The van der Waals surface area contributed by atoms with Crippen LogP contribution in [-0.2, 0) is 19.6 Å². The highest BCUT2D eigenvalue weighted by Gasteiger charge is 2.63. The Bertz CT molecular complexity index is 1070. The minimum Gasteiger partial charge on any atom is -0.300 e. The summed E-state index contributed by atoms with van der Waals surface area (Å²) in [5.41, 5.74) is 0.345. The second kappa shape index (κ2) is 9.36. The van der Waals surface area contributed by atoms with Gasteiger partial charge in [-0.15, -0.1) is 11.3 Å².